The summed E-state index contributed by atoms with van der Waals surface area (Å²) in [4.78, 5) is 12.0. The molecule has 0 radical (unpaired) electrons. The number of fused-ring (bicyclic) bond motifs is 1. The van der Waals surface area contributed by atoms with Crippen molar-refractivity contribution in [2.24, 2.45) is 5.10 Å². The normalized spacial score (nSPS) is 16.3. The first-order chi connectivity index (χ1) is 11.1. The van der Waals surface area contributed by atoms with Gasteiger partial charge in [-0.05, 0) is 35.9 Å². The molecule has 0 unspecified atom stereocenters. The van der Waals surface area contributed by atoms with Crippen molar-refractivity contribution in [3.63, 3.8) is 0 Å². The second-order valence-electron chi connectivity index (χ2n) is 4.85. The number of phenolic OH excluding ortho intramolecular Hbond substituents is 2. The molecule has 0 spiro atoms. The smallest absolute Gasteiger partial charge is 0.284 e. The van der Waals surface area contributed by atoms with Crippen LogP contribution in [0.4, 0.5) is 0 Å². The van der Waals surface area contributed by atoms with E-state index in [1.807, 2.05) is 6.07 Å². The number of aromatic hydroxyl groups is 2. The molecule has 23 heavy (non-hydrogen) atoms. The number of carbonyl (C=O) groups is 1. The third kappa shape index (κ3) is 3.34. The van der Waals surface area contributed by atoms with Crippen LogP contribution in [0.5, 0.6) is 23.0 Å². The fraction of sp³-hybridized carbons (Fsp3) is 0.125. The average Bonchev–Trinajstić information content (AvgIpc) is 2.57. The van der Waals surface area contributed by atoms with E-state index in [1.165, 1.54) is 18.3 Å². The second kappa shape index (κ2) is 6.27. The molecule has 1 amide bonds. The van der Waals surface area contributed by atoms with Gasteiger partial charge in [0.1, 0.15) is 6.61 Å². The zero-order chi connectivity index (χ0) is 16.2. The molecule has 1 aliphatic rings. The molecule has 0 fully saturated rings. The van der Waals surface area contributed by atoms with Crippen LogP contribution in [0.3, 0.4) is 0 Å². The van der Waals surface area contributed by atoms with E-state index in [2.05, 4.69) is 10.5 Å². The molecule has 2 aromatic rings. The maximum atomic E-state index is 12.0. The quantitative estimate of drug-likeness (QED) is 0.451. The molecule has 2 aromatic carbocycles. The van der Waals surface area contributed by atoms with Crippen molar-refractivity contribution in [1.82, 2.24) is 5.43 Å². The van der Waals surface area contributed by atoms with Crippen LogP contribution < -0.4 is 14.9 Å². The number of amides is 1. The Morgan fingerprint density at radius 1 is 1.17 bits per heavy atom. The third-order valence-corrected chi connectivity index (χ3v) is 3.19. The molecule has 0 aliphatic carbocycles. The van der Waals surface area contributed by atoms with Crippen LogP contribution in [-0.4, -0.2) is 35.0 Å². The number of hydrogen-bond donors (Lipinski definition) is 3. The highest BCUT2D eigenvalue weighted by Crippen LogP contribution is 2.30. The van der Waals surface area contributed by atoms with Crippen LogP contribution in [0.15, 0.2) is 47.6 Å². The number of nitrogens with one attached hydrogen (secondary N) is 1. The van der Waals surface area contributed by atoms with Crippen molar-refractivity contribution in [3.05, 3.63) is 48.0 Å². The topological polar surface area (TPSA) is 100 Å². The molecule has 0 bridgehead atoms. The zero-order valence-corrected chi connectivity index (χ0v) is 12.0. The van der Waals surface area contributed by atoms with Gasteiger partial charge in [0.2, 0.25) is 6.10 Å². The van der Waals surface area contributed by atoms with Crippen molar-refractivity contribution < 1.29 is 24.5 Å². The fourth-order valence-electron chi connectivity index (χ4n) is 2.01. The fourth-order valence-corrected chi connectivity index (χ4v) is 2.01. The molecule has 118 valence electrons. The highest BCUT2D eigenvalue weighted by molar-refractivity contribution is 5.85. The van der Waals surface area contributed by atoms with E-state index in [4.69, 9.17) is 9.47 Å². The first kappa shape index (κ1) is 14.7. The molecule has 7 nitrogen and oxygen atoms in total. The number of ether oxygens (including phenoxy) is 2. The number of para-hydroxylation sites is 2. The van der Waals surface area contributed by atoms with Crippen LogP contribution >= 0.6 is 0 Å². The van der Waals surface area contributed by atoms with E-state index >= 15 is 0 Å². The zero-order valence-electron chi connectivity index (χ0n) is 12.0. The highest BCUT2D eigenvalue weighted by Gasteiger charge is 2.26. The minimum absolute atomic E-state index is 0.0956. The molecule has 3 rings (SSSR count). The predicted octanol–water partition coefficient (Wildman–Crippen LogP) is 1.39. The predicted molar refractivity (Wildman–Crippen MR) is 81.9 cm³/mol. The van der Waals surface area contributed by atoms with Crippen LogP contribution in [-0.2, 0) is 4.79 Å². The Morgan fingerprint density at radius 2 is 1.96 bits per heavy atom. The minimum atomic E-state index is -0.796. The van der Waals surface area contributed by atoms with Gasteiger partial charge in [0.05, 0.1) is 6.21 Å². The summed E-state index contributed by atoms with van der Waals surface area (Å²) in [5.74, 6) is 0.170. The number of phenols is 2. The summed E-state index contributed by atoms with van der Waals surface area (Å²) >= 11 is 0. The van der Waals surface area contributed by atoms with Crippen molar-refractivity contribution in [2.75, 3.05) is 6.61 Å². The average molecular weight is 314 g/mol. The summed E-state index contributed by atoms with van der Waals surface area (Å²) in [5.41, 5.74) is 2.87. The SMILES string of the molecule is O=C(N/N=C/c1ccc(O)c(O)c1)[C@@H]1COc2ccccc2O1. The maximum absolute atomic E-state index is 12.0. The lowest BCUT2D eigenvalue weighted by atomic mass is 10.2. The maximum Gasteiger partial charge on any atom is 0.284 e. The summed E-state index contributed by atoms with van der Waals surface area (Å²) in [6.07, 6.45) is 0.546. The molecule has 1 heterocycles. The first-order valence-corrected chi connectivity index (χ1v) is 6.87. The van der Waals surface area contributed by atoms with Gasteiger partial charge < -0.3 is 19.7 Å². The van der Waals surface area contributed by atoms with Crippen molar-refractivity contribution >= 4 is 12.1 Å². The Bertz CT molecular complexity index is 760. The molecular formula is C16H14N2O5. The number of carbonyl (C=O) groups excluding carboxylic acids is 1. The monoisotopic (exact) mass is 314 g/mol. The van der Waals surface area contributed by atoms with Gasteiger partial charge in [-0.1, -0.05) is 12.1 Å². The Balaban J connectivity index is 1.59. The second-order valence-corrected chi connectivity index (χ2v) is 4.85. The Labute approximate surface area is 131 Å². The summed E-state index contributed by atoms with van der Waals surface area (Å²) in [6, 6.07) is 11.3. The molecule has 0 saturated carbocycles. The van der Waals surface area contributed by atoms with Crippen LogP contribution in [0, 0.1) is 0 Å². The minimum Gasteiger partial charge on any atom is -0.504 e. The van der Waals surface area contributed by atoms with E-state index in [9.17, 15) is 15.0 Å². The van der Waals surface area contributed by atoms with Gasteiger partial charge in [0.15, 0.2) is 23.0 Å². The van der Waals surface area contributed by atoms with Gasteiger partial charge in [-0.2, -0.15) is 5.10 Å². The van der Waals surface area contributed by atoms with Gasteiger partial charge in [-0.3, -0.25) is 4.79 Å². The largest absolute Gasteiger partial charge is 0.504 e. The summed E-state index contributed by atoms with van der Waals surface area (Å²) < 4.78 is 11.0. The molecule has 3 N–H and O–H groups in total. The molecule has 1 aliphatic heterocycles. The Kier molecular flexibility index (Phi) is 4.01. The van der Waals surface area contributed by atoms with Gasteiger partial charge >= 0.3 is 0 Å². The lowest BCUT2D eigenvalue weighted by Crippen LogP contribution is -2.42. The number of benzene rings is 2. The number of rotatable bonds is 3. The standard InChI is InChI=1S/C16H14N2O5/c19-11-6-5-10(7-12(11)20)8-17-18-16(21)15-9-22-13-3-1-2-4-14(13)23-15/h1-8,15,19-20H,9H2,(H,18,21)/b17-8+/t15-/m0/s1. The summed E-state index contributed by atoms with van der Waals surface area (Å²) in [7, 11) is 0. The Morgan fingerprint density at radius 3 is 2.74 bits per heavy atom. The number of nitrogens with zero attached hydrogens (tertiary/aromatic N) is 1. The van der Waals surface area contributed by atoms with Crippen LogP contribution in [0.2, 0.25) is 0 Å². The van der Waals surface area contributed by atoms with Gasteiger partial charge in [-0.15, -0.1) is 0 Å². The third-order valence-electron chi connectivity index (χ3n) is 3.19. The molecule has 1 atom stereocenters. The van der Waals surface area contributed by atoms with Gasteiger partial charge in [0, 0.05) is 0 Å². The summed E-state index contributed by atoms with van der Waals surface area (Å²) in [6.45, 7) is 0.0956. The lowest BCUT2D eigenvalue weighted by Gasteiger charge is -2.24. The Hall–Kier alpha value is -3.22. The summed E-state index contributed by atoms with van der Waals surface area (Å²) in [5, 5.41) is 22.4. The van der Waals surface area contributed by atoms with Crippen LogP contribution in [0.25, 0.3) is 0 Å². The van der Waals surface area contributed by atoms with Crippen molar-refractivity contribution in [3.8, 4) is 23.0 Å². The van der Waals surface area contributed by atoms with Gasteiger partial charge in [-0.25, -0.2) is 5.43 Å². The van der Waals surface area contributed by atoms with Crippen molar-refractivity contribution in [1.29, 1.82) is 0 Å². The highest BCUT2D eigenvalue weighted by atomic mass is 16.6. The van der Waals surface area contributed by atoms with E-state index in [0.29, 0.717) is 17.1 Å². The number of hydrogen-bond acceptors (Lipinski definition) is 6. The molecule has 0 saturated heterocycles. The van der Waals surface area contributed by atoms with Crippen LogP contribution in [0.1, 0.15) is 5.56 Å². The van der Waals surface area contributed by atoms with E-state index < -0.39 is 12.0 Å². The molecule has 0 aromatic heterocycles. The van der Waals surface area contributed by atoms with Gasteiger partial charge in [0.25, 0.3) is 5.91 Å². The van der Waals surface area contributed by atoms with Crippen molar-refractivity contribution in [2.45, 2.75) is 6.10 Å². The molecular weight excluding hydrogens is 300 g/mol. The van der Waals surface area contributed by atoms with E-state index in [1.54, 1.807) is 24.3 Å². The number of hydrazone groups is 1. The molecule has 7 heteroatoms. The first-order valence-electron chi connectivity index (χ1n) is 6.87. The lowest BCUT2D eigenvalue weighted by molar-refractivity contribution is -0.130. The van der Waals surface area contributed by atoms with E-state index in [-0.39, 0.29) is 18.1 Å². The van der Waals surface area contributed by atoms with E-state index in [0.717, 1.165) is 0 Å².